The van der Waals surface area contributed by atoms with Gasteiger partial charge in [-0.15, -0.1) is 0 Å². The van der Waals surface area contributed by atoms with E-state index in [-0.39, 0.29) is 21.4 Å². The summed E-state index contributed by atoms with van der Waals surface area (Å²) in [7, 11) is 1.39. The number of hydrogen-bond acceptors (Lipinski definition) is 5. The highest BCUT2D eigenvalue weighted by Gasteiger charge is 2.25. The van der Waals surface area contributed by atoms with Crippen molar-refractivity contribution in [1.82, 2.24) is 5.32 Å². The van der Waals surface area contributed by atoms with Crippen molar-refractivity contribution in [3.8, 4) is 11.5 Å². The number of hydrogen-bond donors (Lipinski definition) is 2. The number of rotatable bonds is 2. The third-order valence-electron chi connectivity index (χ3n) is 2.21. The van der Waals surface area contributed by atoms with Crippen LogP contribution in [0.5, 0.6) is 11.5 Å². The zero-order chi connectivity index (χ0) is 13.3. The number of nitrogens with one attached hydrogen (secondary N) is 1. The Morgan fingerprint density at radius 1 is 1.44 bits per heavy atom. The normalized spacial score (nSPS) is 17.1. The summed E-state index contributed by atoms with van der Waals surface area (Å²) < 4.78 is 4.94. The molecule has 1 aliphatic rings. The molecule has 0 bridgehead atoms. The molecule has 0 aliphatic carbocycles. The van der Waals surface area contributed by atoms with Gasteiger partial charge in [0.25, 0.3) is 11.1 Å². The minimum Gasteiger partial charge on any atom is -0.503 e. The van der Waals surface area contributed by atoms with Crippen LogP contribution in [-0.4, -0.2) is 23.4 Å². The van der Waals surface area contributed by atoms with Gasteiger partial charge in [-0.05, 0) is 35.5 Å². The van der Waals surface area contributed by atoms with Gasteiger partial charge in [-0.2, -0.15) is 0 Å². The molecule has 0 saturated carbocycles. The van der Waals surface area contributed by atoms with Gasteiger partial charge in [-0.3, -0.25) is 14.9 Å². The fraction of sp³-hybridized carbons (Fsp3) is 0.0909. The van der Waals surface area contributed by atoms with Gasteiger partial charge in [0.15, 0.2) is 11.5 Å². The smallest absolute Gasteiger partial charge is 0.290 e. The van der Waals surface area contributed by atoms with E-state index in [4.69, 9.17) is 16.3 Å². The Morgan fingerprint density at radius 3 is 2.72 bits per heavy atom. The monoisotopic (exact) mass is 285 g/mol. The average molecular weight is 286 g/mol. The fourth-order valence-electron chi connectivity index (χ4n) is 1.41. The molecule has 2 amide bonds. The second-order valence-electron chi connectivity index (χ2n) is 3.41. The number of thioether (sulfide) groups is 1. The van der Waals surface area contributed by atoms with Gasteiger partial charge in [-0.1, -0.05) is 11.6 Å². The van der Waals surface area contributed by atoms with E-state index in [0.29, 0.717) is 5.56 Å². The molecule has 0 unspecified atom stereocenters. The Bertz CT molecular complexity index is 570. The van der Waals surface area contributed by atoms with Crippen molar-refractivity contribution >= 4 is 40.6 Å². The predicted octanol–water partition coefficient (Wildman–Crippen LogP) is 2.38. The molecule has 1 fully saturated rings. The van der Waals surface area contributed by atoms with E-state index in [0.717, 1.165) is 11.8 Å². The lowest BCUT2D eigenvalue weighted by Crippen LogP contribution is -2.17. The maximum atomic E-state index is 11.4. The van der Waals surface area contributed by atoms with E-state index in [1.807, 2.05) is 0 Å². The zero-order valence-electron chi connectivity index (χ0n) is 9.19. The summed E-state index contributed by atoms with van der Waals surface area (Å²) >= 11 is 6.62. The van der Waals surface area contributed by atoms with Gasteiger partial charge in [0.1, 0.15) is 0 Å². The molecule has 2 N–H and O–H groups in total. The first-order chi connectivity index (χ1) is 8.51. The molecule has 1 heterocycles. The highest BCUT2D eigenvalue weighted by molar-refractivity contribution is 8.18. The number of carbonyl (C=O) groups excluding carboxylic acids is 2. The van der Waals surface area contributed by atoms with Crippen molar-refractivity contribution in [3.63, 3.8) is 0 Å². The van der Waals surface area contributed by atoms with Crippen LogP contribution in [0.3, 0.4) is 0 Å². The SMILES string of the molecule is COc1cc(C=C2SC(=O)NC2=O)cc(Cl)c1O. The summed E-state index contributed by atoms with van der Waals surface area (Å²) in [5, 5.41) is 11.4. The Morgan fingerprint density at radius 2 is 2.17 bits per heavy atom. The molecule has 7 heteroatoms. The lowest BCUT2D eigenvalue weighted by molar-refractivity contribution is -0.115. The zero-order valence-corrected chi connectivity index (χ0v) is 10.8. The van der Waals surface area contributed by atoms with E-state index in [2.05, 4.69) is 5.32 Å². The van der Waals surface area contributed by atoms with Crippen LogP contribution in [0, 0.1) is 0 Å². The second-order valence-corrected chi connectivity index (χ2v) is 4.83. The number of imide groups is 1. The van der Waals surface area contributed by atoms with Gasteiger partial charge < -0.3 is 9.84 Å². The van der Waals surface area contributed by atoms with Gasteiger partial charge in [0.05, 0.1) is 17.0 Å². The van der Waals surface area contributed by atoms with Crippen LogP contribution in [-0.2, 0) is 4.79 Å². The topological polar surface area (TPSA) is 75.6 Å². The van der Waals surface area contributed by atoms with E-state index in [1.165, 1.54) is 25.3 Å². The van der Waals surface area contributed by atoms with Crippen LogP contribution in [0.4, 0.5) is 4.79 Å². The van der Waals surface area contributed by atoms with E-state index in [9.17, 15) is 14.7 Å². The number of phenolic OH excluding ortho intramolecular Hbond substituents is 1. The van der Waals surface area contributed by atoms with Gasteiger partial charge >= 0.3 is 0 Å². The third-order valence-corrected chi connectivity index (χ3v) is 3.31. The molecular weight excluding hydrogens is 278 g/mol. The fourth-order valence-corrected chi connectivity index (χ4v) is 2.31. The molecule has 5 nitrogen and oxygen atoms in total. The van der Waals surface area contributed by atoms with Crippen LogP contribution in [0.1, 0.15) is 5.56 Å². The predicted molar refractivity (Wildman–Crippen MR) is 68.8 cm³/mol. The van der Waals surface area contributed by atoms with Crippen molar-refractivity contribution in [2.45, 2.75) is 0 Å². The van der Waals surface area contributed by atoms with Gasteiger partial charge in [0, 0.05) is 0 Å². The minimum atomic E-state index is -0.451. The molecule has 2 rings (SSSR count). The molecule has 0 atom stereocenters. The summed E-state index contributed by atoms with van der Waals surface area (Å²) in [6.45, 7) is 0. The average Bonchev–Trinajstić information content (AvgIpc) is 2.62. The lowest BCUT2D eigenvalue weighted by atomic mass is 10.2. The first-order valence-electron chi connectivity index (χ1n) is 4.82. The Balaban J connectivity index is 2.41. The van der Waals surface area contributed by atoms with Crippen LogP contribution >= 0.6 is 23.4 Å². The minimum absolute atomic E-state index is 0.107. The van der Waals surface area contributed by atoms with E-state index >= 15 is 0 Å². The highest BCUT2D eigenvalue weighted by Crippen LogP contribution is 2.36. The van der Waals surface area contributed by atoms with Gasteiger partial charge in [0.2, 0.25) is 0 Å². The number of aromatic hydroxyl groups is 1. The van der Waals surface area contributed by atoms with E-state index in [1.54, 1.807) is 0 Å². The summed E-state index contributed by atoms with van der Waals surface area (Å²) in [5.74, 6) is -0.418. The standard InChI is InChI=1S/C11H8ClNO4S/c1-17-7-3-5(2-6(12)9(7)14)4-8-10(15)13-11(16)18-8/h2-4,14H,1H3,(H,13,15,16). The maximum absolute atomic E-state index is 11.4. The van der Waals surface area contributed by atoms with Crippen molar-refractivity contribution in [2.24, 2.45) is 0 Å². The Kier molecular flexibility index (Phi) is 3.49. The van der Waals surface area contributed by atoms with E-state index < -0.39 is 11.1 Å². The van der Waals surface area contributed by atoms with Gasteiger partial charge in [-0.25, -0.2) is 0 Å². The second kappa shape index (κ2) is 4.91. The summed E-state index contributed by atoms with van der Waals surface area (Å²) in [4.78, 5) is 22.6. The number of ether oxygens (including phenoxy) is 1. The molecule has 0 aromatic heterocycles. The number of carbonyl (C=O) groups is 2. The van der Waals surface area contributed by atoms with Crippen LogP contribution in [0.25, 0.3) is 6.08 Å². The summed E-state index contributed by atoms with van der Waals surface area (Å²) in [6.07, 6.45) is 1.50. The molecule has 1 aromatic rings. The lowest BCUT2D eigenvalue weighted by Gasteiger charge is -2.06. The first kappa shape index (κ1) is 12.8. The Labute approximate surface area is 112 Å². The molecule has 0 spiro atoms. The van der Waals surface area contributed by atoms with Crippen LogP contribution in [0.2, 0.25) is 5.02 Å². The van der Waals surface area contributed by atoms with Crippen LogP contribution < -0.4 is 10.1 Å². The van der Waals surface area contributed by atoms with Crippen molar-refractivity contribution in [2.75, 3.05) is 7.11 Å². The van der Waals surface area contributed by atoms with Crippen LogP contribution in [0.15, 0.2) is 17.0 Å². The molecule has 18 heavy (non-hydrogen) atoms. The van der Waals surface area contributed by atoms with Crippen molar-refractivity contribution in [3.05, 3.63) is 27.6 Å². The molecule has 1 saturated heterocycles. The van der Waals surface area contributed by atoms with Crippen molar-refractivity contribution in [1.29, 1.82) is 0 Å². The molecule has 1 aromatic carbocycles. The maximum Gasteiger partial charge on any atom is 0.290 e. The first-order valence-corrected chi connectivity index (χ1v) is 6.02. The number of methoxy groups -OCH3 is 1. The quantitative estimate of drug-likeness (QED) is 0.816. The Hall–Kier alpha value is -1.66. The summed E-state index contributed by atoms with van der Waals surface area (Å²) in [5.41, 5.74) is 0.557. The molecule has 0 radical (unpaired) electrons. The summed E-state index contributed by atoms with van der Waals surface area (Å²) in [6, 6.07) is 2.99. The van der Waals surface area contributed by atoms with Crippen molar-refractivity contribution < 1.29 is 19.4 Å². The largest absolute Gasteiger partial charge is 0.503 e. The number of benzene rings is 1. The molecular formula is C11H8ClNO4S. The number of halogens is 1. The number of phenols is 1. The molecule has 1 aliphatic heterocycles. The molecule has 94 valence electrons. The highest BCUT2D eigenvalue weighted by atomic mass is 35.5. The third kappa shape index (κ3) is 2.44. The number of amides is 2.